The molecule has 1 aromatic heterocycles. The standard InChI is InChI=1S/C14H21N3S/c1-9-3-4-12(10(2)7-9)17-13-8-16-6-5-11(13)14(15)18/h5-6,8-10,12,17H,3-4,7H2,1-2H3,(H2,15,18). The van der Waals surface area contributed by atoms with E-state index in [1.807, 2.05) is 12.3 Å². The lowest BCUT2D eigenvalue weighted by Crippen LogP contribution is -2.33. The van der Waals surface area contributed by atoms with Crippen LogP contribution < -0.4 is 11.1 Å². The van der Waals surface area contributed by atoms with Gasteiger partial charge in [-0.1, -0.05) is 26.1 Å². The highest BCUT2D eigenvalue weighted by molar-refractivity contribution is 7.80. The molecule has 0 aliphatic heterocycles. The zero-order valence-electron chi connectivity index (χ0n) is 11.0. The molecule has 98 valence electrons. The molecule has 2 rings (SSSR count). The van der Waals surface area contributed by atoms with Gasteiger partial charge in [-0.05, 0) is 37.2 Å². The molecule has 0 saturated heterocycles. The predicted molar refractivity (Wildman–Crippen MR) is 79.7 cm³/mol. The van der Waals surface area contributed by atoms with Crippen molar-refractivity contribution >= 4 is 22.9 Å². The van der Waals surface area contributed by atoms with E-state index in [0.717, 1.165) is 17.2 Å². The van der Waals surface area contributed by atoms with Crippen LogP contribution in [-0.4, -0.2) is 16.0 Å². The number of nitrogens with zero attached hydrogens (tertiary/aromatic N) is 1. The van der Waals surface area contributed by atoms with Gasteiger partial charge in [0.1, 0.15) is 4.99 Å². The van der Waals surface area contributed by atoms with Crippen molar-refractivity contribution in [3.8, 4) is 0 Å². The highest BCUT2D eigenvalue weighted by Crippen LogP contribution is 2.31. The van der Waals surface area contributed by atoms with Crippen LogP contribution in [0.5, 0.6) is 0 Å². The molecule has 3 unspecified atom stereocenters. The number of rotatable bonds is 3. The van der Waals surface area contributed by atoms with E-state index in [0.29, 0.717) is 16.9 Å². The Morgan fingerprint density at radius 3 is 2.89 bits per heavy atom. The summed E-state index contributed by atoms with van der Waals surface area (Å²) in [4.78, 5) is 4.58. The normalized spacial score (nSPS) is 27.8. The van der Waals surface area contributed by atoms with Crippen molar-refractivity contribution in [2.24, 2.45) is 17.6 Å². The van der Waals surface area contributed by atoms with Gasteiger partial charge in [-0.2, -0.15) is 0 Å². The molecule has 18 heavy (non-hydrogen) atoms. The average Bonchev–Trinajstić information content (AvgIpc) is 2.33. The summed E-state index contributed by atoms with van der Waals surface area (Å²) < 4.78 is 0. The molecule has 0 aromatic carbocycles. The number of anilines is 1. The van der Waals surface area contributed by atoms with Crippen LogP contribution in [-0.2, 0) is 0 Å². The van der Waals surface area contributed by atoms with Gasteiger partial charge in [-0.15, -0.1) is 0 Å². The fraction of sp³-hybridized carbons (Fsp3) is 0.571. The fourth-order valence-corrected chi connectivity index (χ4v) is 2.98. The van der Waals surface area contributed by atoms with Gasteiger partial charge in [-0.3, -0.25) is 4.98 Å². The van der Waals surface area contributed by atoms with Crippen LogP contribution in [0.25, 0.3) is 0 Å². The minimum Gasteiger partial charge on any atom is -0.389 e. The summed E-state index contributed by atoms with van der Waals surface area (Å²) in [5.74, 6) is 1.51. The smallest absolute Gasteiger partial charge is 0.106 e. The maximum Gasteiger partial charge on any atom is 0.106 e. The molecular weight excluding hydrogens is 242 g/mol. The molecule has 3 atom stereocenters. The molecule has 0 spiro atoms. The first kappa shape index (κ1) is 13.3. The largest absolute Gasteiger partial charge is 0.389 e. The fourth-order valence-electron chi connectivity index (χ4n) is 2.80. The van der Waals surface area contributed by atoms with E-state index in [2.05, 4.69) is 24.1 Å². The predicted octanol–water partition coefficient (Wildman–Crippen LogP) is 2.95. The topological polar surface area (TPSA) is 50.9 Å². The van der Waals surface area contributed by atoms with Crippen molar-refractivity contribution in [2.75, 3.05) is 5.32 Å². The van der Waals surface area contributed by atoms with Gasteiger partial charge in [0.25, 0.3) is 0 Å². The van der Waals surface area contributed by atoms with E-state index in [1.165, 1.54) is 19.3 Å². The number of thiocarbonyl (C=S) groups is 1. The number of nitrogens with two attached hydrogens (primary N) is 1. The second-order valence-electron chi connectivity index (χ2n) is 5.43. The highest BCUT2D eigenvalue weighted by Gasteiger charge is 2.25. The third kappa shape index (κ3) is 2.99. The summed E-state index contributed by atoms with van der Waals surface area (Å²) in [6, 6.07) is 2.37. The Hall–Kier alpha value is -1.16. The lowest BCUT2D eigenvalue weighted by molar-refractivity contribution is 0.276. The van der Waals surface area contributed by atoms with E-state index in [1.54, 1.807) is 6.20 Å². The van der Waals surface area contributed by atoms with Gasteiger partial charge in [0.05, 0.1) is 11.9 Å². The van der Waals surface area contributed by atoms with Crippen LogP contribution in [0.4, 0.5) is 5.69 Å². The first-order valence-electron chi connectivity index (χ1n) is 6.58. The molecule has 0 radical (unpaired) electrons. The van der Waals surface area contributed by atoms with E-state index < -0.39 is 0 Å². The number of pyridine rings is 1. The van der Waals surface area contributed by atoms with Crippen molar-refractivity contribution in [3.05, 3.63) is 24.0 Å². The Morgan fingerprint density at radius 1 is 1.44 bits per heavy atom. The van der Waals surface area contributed by atoms with Crippen molar-refractivity contribution < 1.29 is 0 Å². The minimum absolute atomic E-state index is 0.428. The van der Waals surface area contributed by atoms with Crippen molar-refractivity contribution in [3.63, 3.8) is 0 Å². The summed E-state index contributed by atoms with van der Waals surface area (Å²) in [7, 11) is 0. The molecule has 0 amide bonds. The summed E-state index contributed by atoms with van der Waals surface area (Å²) in [6.45, 7) is 4.64. The van der Waals surface area contributed by atoms with E-state index >= 15 is 0 Å². The quantitative estimate of drug-likeness (QED) is 0.823. The Morgan fingerprint density at radius 2 is 2.22 bits per heavy atom. The van der Waals surface area contributed by atoms with Crippen LogP contribution in [0.1, 0.15) is 38.7 Å². The molecule has 4 heteroatoms. The number of nitrogens with one attached hydrogen (secondary N) is 1. The SMILES string of the molecule is CC1CCC(Nc2cnccc2C(N)=S)C(C)C1. The molecule has 1 fully saturated rings. The van der Waals surface area contributed by atoms with Gasteiger partial charge < -0.3 is 11.1 Å². The Balaban J connectivity index is 2.12. The maximum absolute atomic E-state index is 5.74. The average molecular weight is 263 g/mol. The Labute approximate surface area is 114 Å². The summed E-state index contributed by atoms with van der Waals surface area (Å²) in [5.41, 5.74) is 7.60. The molecule has 1 aromatic rings. The highest BCUT2D eigenvalue weighted by atomic mass is 32.1. The monoisotopic (exact) mass is 263 g/mol. The molecular formula is C14H21N3S. The van der Waals surface area contributed by atoms with Crippen LogP contribution in [0, 0.1) is 11.8 Å². The third-order valence-corrected chi connectivity index (χ3v) is 4.08. The lowest BCUT2D eigenvalue weighted by atomic mass is 9.80. The van der Waals surface area contributed by atoms with Crippen LogP contribution >= 0.6 is 12.2 Å². The molecule has 1 saturated carbocycles. The van der Waals surface area contributed by atoms with Crippen LogP contribution in [0.2, 0.25) is 0 Å². The second-order valence-corrected chi connectivity index (χ2v) is 5.87. The van der Waals surface area contributed by atoms with Gasteiger partial charge in [-0.25, -0.2) is 0 Å². The van der Waals surface area contributed by atoms with Gasteiger partial charge in [0.2, 0.25) is 0 Å². The first-order chi connectivity index (χ1) is 8.58. The van der Waals surface area contributed by atoms with Gasteiger partial charge in [0.15, 0.2) is 0 Å². The molecule has 1 aliphatic carbocycles. The minimum atomic E-state index is 0.428. The molecule has 3 N–H and O–H groups in total. The molecule has 1 heterocycles. The van der Waals surface area contributed by atoms with Gasteiger partial charge in [0, 0.05) is 17.8 Å². The lowest BCUT2D eigenvalue weighted by Gasteiger charge is -2.34. The molecule has 3 nitrogen and oxygen atoms in total. The summed E-state index contributed by atoms with van der Waals surface area (Å²) in [6.07, 6.45) is 7.31. The maximum atomic E-state index is 5.74. The summed E-state index contributed by atoms with van der Waals surface area (Å²) >= 11 is 5.08. The third-order valence-electron chi connectivity index (χ3n) is 3.86. The molecule has 1 aliphatic rings. The van der Waals surface area contributed by atoms with Crippen LogP contribution in [0.3, 0.4) is 0 Å². The zero-order valence-corrected chi connectivity index (χ0v) is 11.8. The second kappa shape index (κ2) is 5.65. The van der Waals surface area contributed by atoms with Gasteiger partial charge >= 0.3 is 0 Å². The first-order valence-corrected chi connectivity index (χ1v) is 6.99. The number of hydrogen-bond acceptors (Lipinski definition) is 3. The van der Waals surface area contributed by atoms with Crippen LogP contribution in [0.15, 0.2) is 18.5 Å². The summed E-state index contributed by atoms with van der Waals surface area (Å²) in [5, 5.41) is 3.57. The van der Waals surface area contributed by atoms with Crippen molar-refractivity contribution in [1.29, 1.82) is 0 Å². The van der Waals surface area contributed by atoms with Crippen molar-refractivity contribution in [1.82, 2.24) is 4.98 Å². The van der Waals surface area contributed by atoms with E-state index in [-0.39, 0.29) is 0 Å². The number of aromatic nitrogens is 1. The zero-order chi connectivity index (χ0) is 13.1. The number of hydrogen-bond donors (Lipinski definition) is 2. The Bertz CT molecular complexity index is 433. The van der Waals surface area contributed by atoms with Crippen molar-refractivity contribution in [2.45, 2.75) is 39.2 Å². The molecule has 0 bridgehead atoms. The van der Waals surface area contributed by atoms with E-state index in [4.69, 9.17) is 18.0 Å². The van der Waals surface area contributed by atoms with E-state index in [9.17, 15) is 0 Å². The Kier molecular flexibility index (Phi) is 4.17.